The number of unbranched alkanes of at least 4 members (excludes halogenated alkanes) is 6. The molecule has 148 valence electrons. The minimum Gasteiger partial charge on any atom is -0.460 e. The Bertz CT molecular complexity index is 965. The average molecular weight is 377 g/mol. The van der Waals surface area contributed by atoms with E-state index < -0.39 is 0 Å². The zero-order valence-electron chi connectivity index (χ0n) is 17.4. The second-order valence-corrected chi connectivity index (χ2v) is 8.11. The van der Waals surface area contributed by atoms with Crippen molar-refractivity contribution in [2.45, 2.75) is 78.1 Å². The lowest BCUT2D eigenvalue weighted by atomic mass is 10.1. The molecule has 0 N–H and O–H groups in total. The van der Waals surface area contributed by atoms with Crippen LogP contribution < -0.4 is 0 Å². The van der Waals surface area contributed by atoms with Crippen LogP contribution in [-0.4, -0.2) is 0 Å². The largest absolute Gasteiger partial charge is 0.460 e. The minimum atomic E-state index is 1.01. The topological polar surface area (TPSA) is 26.3 Å². The van der Waals surface area contributed by atoms with Crippen LogP contribution in [0.4, 0.5) is 0 Å². The van der Waals surface area contributed by atoms with E-state index in [0.717, 1.165) is 46.3 Å². The molecule has 28 heavy (non-hydrogen) atoms. The van der Waals surface area contributed by atoms with E-state index in [1.54, 1.807) is 0 Å². The van der Waals surface area contributed by atoms with Gasteiger partial charge in [0.15, 0.2) is 0 Å². The van der Waals surface area contributed by atoms with E-state index >= 15 is 0 Å². The van der Waals surface area contributed by atoms with Crippen LogP contribution in [0.3, 0.4) is 0 Å². The van der Waals surface area contributed by atoms with Gasteiger partial charge in [0.25, 0.3) is 0 Å². The Morgan fingerprint density at radius 3 is 1.46 bits per heavy atom. The van der Waals surface area contributed by atoms with E-state index in [9.17, 15) is 0 Å². The monoisotopic (exact) mass is 376 g/mol. The Kier molecular flexibility index (Phi) is 6.04. The first-order chi connectivity index (χ1) is 13.8. The Balaban J connectivity index is 1.61. The van der Waals surface area contributed by atoms with Crippen molar-refractivity contribution >= 4 is 32.7 Å². The first-order valence-corrected chi connectivity index (χ1v) is 11.2. The molecule has 0 unspecified atom stereocenters. The smallest absolute Gasteiger partial charge is 0.142 e. The highest BCUT2D eigenvalue weighted by Crippen LogP contribution is 2.35. The molecule has 0 amide bonds. The van der Waals surface area contributed by atoms with Gasteiger partial charge in [-0.25, -0.2) is 0 Å². The van der Waals surface area contributed by atoms with Gasteiger partial charge in [-0.2, -0.15) is 0 Å². The lowest BCUT2D eigenvalue weighted by Gasteiger charge is -2.00. The predicted octanol–water partition coefficient (Wildman–Crippen LogP) is 8.58. The molecule has 0 spiro atoms. The molecule has 4 rings (SSSR count). The van der Waals surface area contributed by atoms with Gasteiger partial charge < -0.3 is 8.83 Å². The molecule has 0 atom stereocenters. The van der Waals surface area contributed by atoms with Crippen molar-refractivity contribution in [2.75, 3.05) is 0 Å². The number of hydrogen-bond acceptors (Lipinski definition) is 2. The molecular formula is C26H32O2. The highest BCUT2D eigenvalue weighted by molar-refractivity contribution is 6.13. The number of fused-ring (bicyclic) bond motifs is 5. The second-order valence-electron chi connectivity index (χ2n) is 8.11. The minimum absolute atomic E-state index is 1.01. The van der Waals surface area contributed by atoms with Crippen molar-refractivity contribution in [3.8, 4) is 0 Å². The third-order valence-electron chi connectivity index (χ3n) is 5.82. The molecule has 0 radical (unpaired) electrons. The quantitative estimate of drug-likeness (QED) is 0.259. The van der Waals surface area contributed by atoms with Crippen LogP contribution in [0.2, 0.25) is 0 Å². The van der Waals surface area contributed by atoms with E-state index in [4.69, 9.17) is 8.83 Å². The van der Waals surface area contributed by atoms with Crippen molar-refractivity contribution in [3.05, 3.63) is 47.9 Å². The first-order valence-electron chi connectivity index (χ1n) is 11.2. The Morgan fingerprint density at radius 1 is 0.571 bits per heavy atom. The maximum atomic E-state index is 6.27. The molecule has 0 bridgehead atoms. The molecule has 2 heterocycles. The van der Waals surface area contributed by atoms with Crippen LogP contribution in [0.5, 0.6) is 0 Å². The SMILES string of the molecule is CCCCCCc1cc2ccc3c(ccc4cc(CCCCCC)oc43)c2o1. The molecule has 2 heteroatoms. The van der Waals surface area contributed by atoms with Crippen molar-refractivity contribution in [1.29, 1.82) is 0 Å². The summed E-state index contributed by atoms with van der Waals surface area (Å²) in [7, 11) is 0. The molecule has 2 aromatic heterocycles. The summed E-state index contributed by atoms with van der Waals surface area (Å²) >= 11 is 0. The van der Waals surface area contributed by atoms with E-state index in [-0.39, 0.29) is 0 Å². The van der Waals surface area contributed by atoms with Gasteiger partial charge in [-0.3, -0.25) is 0 Å². The van der Waals surface area contributed by atoms with E-state index in [2.05, 4.69) is 50.2 Å². The molecule has 0 fully saturated rings. The van der Waals surface area contributed by atoms with Crippen LogP contribution in [0.1, 0.15) is 76.7 Å². The van der Waals surface area contributed by atoms with Gasteiger partial charge in [-0.1, -0.05) is 64.5 Å². The van der Waals surface area contributed by atoms with Crippen molar-refractivity contribution in [3.63, 3.8) is 0 Å². The van der Waals surface area contributed by atoms with Gasteiger partial charge in [-0.15, -0.1) is 0 Å². The van der Waals surface area contributed by atoms with Gasteiger partial charge in [0.2, 0.25) is 0 Å². The zero-order valence-corrected chi connectivity index (χ0v) is 17.4. The van der Waals surface area contributed by atoms with E-state index in [1.807, 2.05) is 0 Å². The fourth-order valence-electron chi connectivity index (χ4n) is 4.21. The summed E-state index contributed by atoms with van der Waals surface area (Å²) in [5, 5.41) is 4.72. The molecule has 2 nitrogen and oxygen atoms in total. The fraction of sp³-hybridized carbons (Fsp3) is 0.462. The molecule has 0 aliphatic rings. The summed E-state index contributed by atoms with van der Waals surface area (Å²) in [6.45, 7) is 4.50. The zero-order chi connectivity index (χ0) is 19.3. The summed E-state index contributed by atoms with van der Waals surface area (Å²) in [5.41, 5.74) is 2.01. The highest BCUT2D eigenvalue weighted by atomic mass is 16.3. The maximum absolute atomic E-state index is 6.27. The molecule has 4 aromatic rings. The number of furan rings is 2. The van der Waals surface area contributed by atoms with Gasteiger partial charge in [0.1, 0.15) is 22.7 Å². The third kappa shape index (κ3) is 3.97. The molecule has 0 aliphatic carbocycles. The average Bonchev–Trinajstić information content (AvgIpc) is 3.31. The fourth-order valence-corrected chi connectivity index (χ4v) is 4.21. The highest BCUT2D eigenvalue weighted by Gasteiger charge is 2.13. The van der Waals surface area contributed by atoms with E-state index in [0.29, 0.717) is 0 Å². The lowest BCUT2D eigenvalue weighted by Crippen LogP contribution is -1.81. The van der Waals surface area contributed by atoms with Crippen molar-refractivity contribution in [2.24, 2.45) is 0 Å². The second kappa shape index (κ2) is 8.86. The predicted molar refractivity (Wildman–Crippen MR) is 119 cm³/mol. The Hall–Kier alpha value is -2.22. The molecule has 0 saturated carbocycles. The summed E-state index contributed by atoms with van der Waals surface area (Å²) < 4.78 is 12.5. The third-order valence-corrected chi connectivity index (χ3v) is 5.82. The summed E-state index contributed by atoms with van der Waals surface area (Å²) in [5.74, 6) is 2.21. The van der Waals surface area contributed by atoms with Crippen molar-refractivity contribution in [1.82, 2.24) is 0 Å². The number of rotatable bonds is 10. The van der Waals surface area contributed by atoms with Crippen LogP contribution in [0, 0.1) is 0 Å². The molecule has 0 aliphatic heterocycles. The number of benzene rings is 2. The summed E-state index contributed by atoms with van der Waals surface area (Å²) in [6, 6.07) is 13.2. The lowest BCUT2D eigenvalue weighted by molar-refractivity contribution is 0.527. The van der Waals surface area contributed by atoms with Crippen LogP contribution in [0.25, 0.3) is 32.7 Å². The summed E-state index contributed by atoms with van der Waals surface area (Å²) in [4.78, 5) is 0. The molecule has 2 aromatic carbocycles. The molecular weight excluding hydrogens is 344 g/mol. The Labute approximate surface area is 167 Å². The van der Waals surface area contributed by atoms with Crippen LogP contribution in [0.15, 0.2) is 45.2 Å². The van der Waals surface area contributed by atoms with Gasteiger partial charge in [0, 0.05) is 34.4 Å². The van der Waals surface area contributed by atoms with E-state index in [1.165, 1.54) is 62.1 Å². The number of hydrogen-bond donors (Lipinski definition) is 0. The van der Waals surface area contributed by atoms with Crippen LogP contribution >= 0.6 is 0 Å². The Morgan fingerprint density at radius 2 is 1.04 bits per heavy atom. The van der Waals surface area contributed by atoms with Gasteiger partial charge in [0.05, 0.1) is 0 Å². The van der Waals surface area contributed by atoms with Crippen LogP contribution in [-0.2, 0) is 12.8 Å². The molecule has 0 saturated heterocycles. The normalized spacial score (nSPS) is 11.9. The summed E-state index contributed by atoms with van der Waals surface area (Å²) in [6.07, 6.45) is 12.2. The number of aryl methyl sites for hydroxylation is 2. The van der Waals surface area contributed by atoms with Gasteiger partial charge >= 0.3 is 0 Å². The first kappa shape index (κ1) is 19.1. The van der Waals surface area contributed by atoms with Gasteiger partial charge in [-0.05, 0) is 37.1 Å². The maximum Gasteiger partial charge on any atom is 0.142 e. The standard InChI is InChI=1S/C26H32O2/c1-3-5-7-9-11-21-17-19-13-15-24-23(25(19)27-21)16-14-20-18-22(28-26(20)24)12-10-8-6-4-2/h13-18H,3-12H2,1-2H3. The van der Waals surface area contributed by atoms with Crippen molar-refractivity contribution < 1.29 is 8.83 Å².